The third kappa shape index (κ3) is 3.28. The molecule has 5 nitrogen and oxygen atoms in total. The molecule has 2 amide bonds. The number of ether oxygens (including phenoxy) is 1. The summed E-state index contributed by atoms with van der Waals surface area (Å²) in [4.78, 5) is 13.5. The van der Waals surface area contributed by atoms with Crippen molar-refractivity contribution in [3.8, 4) is 5.75 Å². The van der Waals surface area contributed by atoms with E-state index in [1.807, 2.05) is 24.3 Å². The van der Waals surface area contributed by atoms with E-state index in [0.717, 1.165) is 11.3 Å². The number of likely N-dealkylation sites (tertiary alicyclic amines) is 1. The van der Waals surface area contributed by atoms with E-state index in [2.05, 4.69) is 5.32 Å². The Balaban J connectivity index is 1.54. The fourth-order valence-corrected chi connectivity index (χ4v) is 3.05. The van der Waals surface area contributed by atoms with Crippen LogP contribution >= 0.6 is 0 Å². The quantitative estimate of drug-likeness (QED) is 0.820. The molecular formula is C16H19F3N2O3. The summed E-state index contributed by atoms with van der Waals surface area (Å²) in [5.41, 5.74) is -1.71. The number of para-hydroxylation sites is 1. The van der Waals surface area contributed by atoms with Crippen molar-refractivity contribution in [3.05, 3.63) is 29.8 Å². The normalized spacial score (nSPS) is 23.2. The van der Waals surface area contributed by atoms with Crippen molar-refractivity contribution in [3.63, 3.8) is 0 Å². The van der Waals surface area contributed by atoms with E-state index in [1.165, 1.54) is 4.90 Å². The molecule has 0 spiro atoms. The van der Waals surface area contributed by atoms with Crippen molar-refractivity contribution in [1.82, 2.24) is 10.2 Å². The van der Waals surface area contributed by atoms with E-state index < -0.39 is 30.7 Å². The highest BCUT2D eigenvalue weighted by atomic mass is 19.4. The zero-order valence-corrected chi connectivity index (χ0v) is 13.0. The number of alkyl halides is 3. The summed E-state index contributed by atoms with van der Waals surface area (Å²) in [6, 6.07) is 6.87. The van der Waals surface area contributed by atoms with Crippen molar-refractivity contribution in [2.75, 3.05) is 19.7 Å². The Kier molecular flexibility index (Phi) is 4.33. The SMILES string of the molecule is O=C(N[C@@H]1COc2ccccc2C1)N1CCC(O)(C(F)(F)F)CC1. The molecule has 1 saturated heterocycles. The van der Waals surface area contributed by atoms with Gasteiger partial charge in [-0.2, -0.15) is 13.2 Å². The number of aliphatic hydroxyl groups is 1. The van der Waals surface area contributed by atoms with Crippen molar-refractivity contribution < 1.29 is 27.8 Å². The predicted molar refractivity (Wildman–Crippen MR) is 79.8 cm³/mol. The minimum Gasteiger partial charge on any atom is -0.491 e. The molecule has 1 aromatic carbocycles. The second-order valence-electron chi connectivity index (χ2n) is 6.29. The van der Waals surface area contributed by atoms with Crippen molar-refractivity contribution in [2.24, 2.45) is 0 Å². The predicted octanol–water partition coefficient (Wildman–Crippen LogP) is 2.09. The van der Waals surface area contributed by atoms with Crippen LogP contribution in [0.1, 0.15) is 18.4 Å². The lowest BCUT2D eigenvalue weighted by Crippen LogP contribution is -2.57. The first-order valence-electron chi connectivity index (χ1n) is 7.84. The van der Waals surface area contributed by atoms with Gasteiger partial charge in [-0.3, -0.25) is 0 Å². The molecule has 1 aromatic rings. The van der Waals surface area contributed by atoms with E-state index in [0.29, 0.717) is 13.0 Å². The van der Waals surface area contributed by atoms with Gasteiger partial charge in [0, 0.05) is 25.9 Å². The molecule has 132 valence electrons. The summed E-state index contributed by atoms with van der Waals surface area (Å²) < 4.78 is 43.9. The molecule has 0 aromatic heterocycles. The van der Waals surface area contributed by atoms with Gasteiger partial charge in [0.2, 0.25) is 0 Å². The first kappa shape index (κ1) is 16.9. The molecule has 2 N–H and O–H groups in total. The number of piperidine rings is 1. The van der Waals surface area contributed by atoms with E-state index in [1.54, 1.807) is 0 Å². The van der Waals surface area contributed by atoms with Crippen LogP contribution in [0.4, 0.5) is 18.0 Å². The van der Waals surface area contributed by atoms with Gasteiger partial charge in [-0.15, -0.1) is 0 Å². The largest absolute Gasteiger partial charge is 0.491 e. The number of carbonyl (C=O) groups is 1. The zero-order chi connectivity index (χ0) is 17.4. The van der Waals surface area contributed by atoms with Gasteiger partial charge >= 0.3 is 12.2 Å². The molecule has 2 heterocycles. The highest BCUT2D eigenvalue weighted by molar-refractivity contribution is 5.74. The zero-order valence-electron chi connectivity index (χ0n) is 13.0. The molecule has 0 saturated carbocycles. The highest BCUT2D eigenvalue weighted by Crippen LogP contribution is 2.38. The lowest BCUT2D eigenvalue weighted by atomic mass is 9.91. The number of nitrogens with zero attached hydrogens (tertiary/aromatic N) is 1. The minimum absolute atomic E-state index is 0.133. The number of benzene rings is 1. The van der Waals surface area contributed by atoms with Crippen LogP contribution in [0.5, 0.6) is 5.75 Å². The fraction of sp³-hybridized carbons (Fsp3) is 0.562. The van der Waals surface area contributed by atoms with Crippen LogP contribution in [-0.2, 0) is 6.42 Å². The molecule has 0 aliphatic carbocycles. The molecule has 24 heavy (non-hydrogen) atoms. The van der Waals surface area contributed by atoms with Gasteiger partial charge < -0.3 is 20.1 Å². The van der Waals surface area contributed by atoms with Crippen LogP contribution in [-0.4, -0.2) is 53.6 Å². The average molecular weight is 344 g/mol. The molecule has 0 radical (unpaired) electrons. The highest BCUT2D eigenvalue weighted by Gasteiger charge is 2.54. The molecule has 3 rings (SSSR count). The Hall–Kier alpha value is -1.96. The number of rotatable bonds is 1. The van der Waals surface area contributed by atoms with Crippen LogP contribution < -0.4 is 10.1 Å². The maximum atomic E-state index is 12.8. The molecule has 0 bridgehead atoms. The number of carbonyl (C=O) groups excluding carboxylic acids is 1. The van der Waals surface area contributed by atoms with Gasteiger partial charge in [-0.1, -0.05) is 18.2 Å². The van der Waals surface area contributed by atoms with Crippen LogP contribution in [0, 0.1) is 0 Å². The van der Waals surface area contributed by atoms with Crippen LogP contribution in [0.15, 0.2) is 24.3 Å². The smallest absolute Gasteiger partial charge is 0.417 e. The maximum absolute atomic E-state index is 12.8. The summed E-state index contributed by atoms with van der Waals surface area (Å²) in [5, 5.41) is 12.4. The van der Waals surface area contributed by atoms with E-state index >= 15 is 0 Å². The Labute approximate surface area is 137 Å². The Bertz CT molecular complexity index is 613. The van der Waals surface area contributed by atoms with Crippen molar-refractivity contribution in [1.29, 1.82) is 0 Å². The fourth-order valence-electron chi connectivity index (χ4n) is 3.05. The number of halogens is 3. The molecule has 0 unspecified atom stereocenters. The monoisotopic (exact) mass is 344 g/mol. The standard InChI is InChI=1S/C16H19F3N2O3/c17-16(18,19)15(23)5-7-21(8-6-15)14(22)20-12-9-11-3-1-2-4-13(11)24-10-12/h1-4,12,23H,5-10H2,(H,20,22)/t12-/m0/s1. The molecular weight excluding hydrogens is 325 g/mol. The number of fused-ring (bicyclic) bond motifs is 1. The van der Waals surface area contributed by atoms with Gasteiger partial charge in [-0.25, -0.2) is 4.79 Å². The molecule has 2 aliphatic heterocycles. The number of hydrogen-bond acceptors (Lipinski definition) is 3. The number of urea groups is 1. The minimum atomic E-state index is -4.67. The van der Waals surface area contributed by atoms with E-state index in [-0.39, 0.29) is 19.1 Å². The lowest BCUT2D eigenvalue weighted by Gasteiger charge is -2.39. The molecule has 1 fully saturated rings. The first-order valence-corrected chi connectivity index (χ1v) is 7.84. The van der Waals surface area contributed by atoms with Gasteiger partial charge in [0.15, 0.2) is 5.60 Å². The average Bonchev–Trinajstić information content (AvgIpc) is 2.54. The Morgan fingerprint density at radius 3 is 2.62 bits per heavy atom. The van der Waals surface area contributed by atoms with Crippen molar-refractivity contribution in [2.45, 2.75) is 37.1 Å². The van der Waals surface area contributed by atoms with Crippen LogP contribution in [0.3, 0.4) is 0 Å². The first-order chi connectivity index (χ1) is 11.3. The van der Waals surface area contributed by atoms with Gasteiger partial charge in [0.1, 0.15) is 12.4 Å². The maximum Gasteiger partial charge on any atom is 0.417 e. The third-order valence-electron chi connectivity index (χ3n) is 4.61. The van der Waals surface area contributed by atoms with Crippen LogP contribution in [0.2, 0.25) is 0 Å². The van der Waals surface area contributed by atoms with Gasteiger partial charge in [0.25, 0.3) is 0 Å². The Morgan fingerprint density at radius 2 is 1.96 bits per heavy atom. The molecule has 1 atom stereocenters. The van der Waals surface area contributed by atoms with Crippen molar-refractivity contribution >= 4 is 6.03 Å². The summed E-state index contributed by atoms with van der Waals surface area (Å²) in [5.74, 6) is 0.788. The summed E-state index contributed by atoms with van der Waals surface area (Å²) >= 11 is 0. The van der Waals surface area contributed by atoms with Gasteiger partial charge in [0.05, 0.1) is 6.04 Å². The third-order valence-corrected chi connectivity index (χ3v) is 4.61. The van der Waals surface area contributed by atoms with E-state index in [9.17, 15) is 23.1 Å². The molecule has 8 heteroatoms. The molecule has 2 aliphatic rings. The number of hydrogen-bond donors (Lipinski definition) is 2. The summed E-state index contributed by atoms with van der Waals surface area (Å²) in [6.07, 6.45) is -5.07. The number of amides is 2. The lowest BCUT2D eigenvalue weighted by molar-refractivity contribution is -0.271. The Morgan fingerprint density at radius 1 is 1.29 bits per heavy atom. The second kappa shape index (κ2) is 6.16. The summed E-state index contributed by atoms with van der Waals surface area (Å²) in [7, 11) is 0. The van der Waals surface area contributed by atoms with E-state index in [4.69, 9.17) is 4.74 Å². The summed E-state index contributed by atoms with van der Waals surface area (Å²) in [6.45, 7) is 0.0566. The number of nitrogens with one attached hydrogen (secondary N) is 1. The second-order valence-corrected chi connectivity index (χ2v) is 6.29. The topological polar surface area (TPSA) is 61.8 Å². The van der Waals surface area contributed by atoms with Crippen LogP contribution in [0.25, 0.3) is 0 Å². The van der Waals surface area contributed by atoms with Gasteiger partial charge in [-0.05, 0) is 18.1 Å².